The molecule has 2 aromatic carbocycles. The van der Waals surface area contributed by atoms with Crippen LogP contribution >= 0.6 is 23.8 Å². The van der Waals surface area contributed by atoms with E-state index in [2.05, 4.69) is 49.8 Å². The average molecular weight is 546 g/mol. The van der Waals surface area contributed by atoms with Crippen molar-refractivity contribution in [3.05, 3.63) is 107 Å². The molecule has 4 aromatic rings. The topological polar surface area (TPSA) is 36.3 Å². The molecule has 2 unspecified atom stereocenters. The first-order valence-electron chi connectivity index (χ1n) is 13.0. The van der Waals surface area contributed by atoms with Crippen molar-refractivity contribution in [2.45, 2.75) is 31.8 Å². The van der Waals surface area contributed by atoms with Gasteiger partial charge >= 0.3 is 0 Å². The number of pyridine rings is 1. The number of aromatic nitrogens is 2. The molecule has 0 bridgehead atoms. The second-order valence-corrected chi connectivity index (χ2v) is 10.9. The number of nitrogens with zero attached hydrogens (tertiary/aromatic N) is 4. The van der Waals surface area contributed by atoms with Crippen molar-refractivity contribution in [3.63, 3.8) is 0 Å². The van der Waals surface area contributed by atoms with Gasteiger partial charge in [-0.05, 0) is 97.7 Å². The standard InChI is InChI=1S/C30H29ClFN5S/c1-20-13-17-35(18-14-20)26-12-11-23(19-24(26)31)37-29(28(34-30(37)38)25-5-2-3-15-33-25)27-6-4-16-36(27)22-9-7-21(32)8-10-22/h2-12,15-16,19-20,28-29H,13-14,17-18H2,1H3,(H,34,38). The molecule has 0 amide bonds. The molecule has 2 aliphatic rings. The fourth-order valence-electron chi connectivity index (χ4n) is 5.56. The van der Waals surface area contributed by atoms with Crippen LogP contribution in [0.3, 0.4) is 0 Å². The summed E-state index contributed by atoms with van der Waals surface area (Å²) >= 11 is 12.8. The lowest BCUT2D eigenvalue weighted by Gasteiger charge is -2.33. The highest BCUT2D eigenvalue weighted by Gasteiger charge is 2.42. The molecular weight excluding hydrogens is 517 g/mol. The van der Waals surface area contributed by atoms with E-state index >= 15 is 0 Å². The van der Waals surface area contributed by atoms with E-state index in [-0.39, 0.29) is 17.9 Å². The van der Waals surface area contributed by atoms with E-state index in [0.29, 0.717) is 10.1 Å². The predicted molar refractivity (Wildman–Crippen MR) is 156 cm³/mol. The van der Waals surface area contributed by atoms with E-state index in [1.807, 2.05) is 36.5 Å². The molecule has 2 fully saturated rings. The highest BCUT2D eigenvalue weighted by Crippen LogP contribution is 2.44. The van der Waals surface area contributed by atoms with Crippen LogP contribution in [0.4, 0.5) is 15.8 Å². The van der Waals surface area contributed by atoms with Gasteiger partial charge in [0.05, 0.1) is 22.4 Å². The SMILES string of the molecule is CC1CCN(c2ccc(N3C(=S)NC(c4ccccn4)C3c3cccn3-c3ccc(F)cc3)cc2Cl)CC1. The third kappa shape index (κ3) is 4.65. The predicted octanol–water partition coefficient (Wildman–Crippen LogP) is 7.08. The summed E-state index contributed by atoms with van der Waals surface area (Å²) < 4.78 is 15.8. The maximum absolute atomic E-state index is 13.7. The zero-order valence-corrected chi connectivity index (χ0v) is 22.7. The van der Waals surface area contributed by atoms with Crippen LogP contribution in [-0.4, -0.2) is 27.8 Å². The second-order valence-electron chi connectivity index (χ2n) is 10.1. The summed E-state index contributed by atoms with van der Waals surface area (Å²) in [7, 11) is 0. The lowest BCUT2D eigenvalue weighted by atomic mass is 9.98. The van der Waals surface area contributed by atoms with Crippen molar-refractivity contribution in [3.8, 4) is 5.69 Å². The molecule has 0 radical (unpaired) electrons. The Morgan fingerprint density at radius 2 is 1.74 bits per heavy atom. The summed E-state index contributed by atoms with van der Waals surface area (Å²) in [6.45, 7) is 4.34. The number of hydrogen-bond acceptors (Lipinski definition) is 3. The van der Waals surface area contributed by atoms with Gasteiger partial charge in [-0.3, -0.25) is 4.98 Å². The summed E-state index contributed by atoms with van der Waals surface area (Å²) in [5.74, 6) is 0.482. The molecule has 6 rings (SSSR count). The number of rotatable bonds is 5. The average Bonchev–Trinajstić information content (AvgIpc) is 3.54. The molecule has 2 atom stereocenters. The van der Waals surface area contributed by atoms with E-state index in [1.54, 1.807) is 18.3 Å². The summed E-state index contributed by atoms with van der Waals surface area (Å²) in [6.07, 6.45) is 6.13. The van der Waals surface area contributed by atoms with Crippen LogP contribution < -0.4 is 15.1 Å². The first kappa shape index (κ1) is 24.9. The van der Waals surface area contributed by atoms with Gasteiger partial charge in [0.2, 0.25) is 0 Å². The summed E-state index contributed by atoms with van der Waals surface area (Å²) in [4.78, 5) is 9.15. The largest absolute Gasteiger partial charge is 0.370 e. The molecule has 194 valence electrons. The first-order valence-corrected chi connectivity index (χ1v) is 13.8. The highest BCUT2D eigenvalue weighted by atomic mass is 35.5. The summed E-state index contributed by atoms with van der Waals surface area (Å²) in [5.41, 5.74) is 4.74. The molecule has 0 saturated carbocycles. The van der Waals surface area contributed by atoms with Gasteiger partial charge in [-0.2, -0.15) is 0 Å². The number of benzene rings is 2. The van der Waals surface area contributed by atoms with E-state index < -0.39 is 0 Å². The van der Waals surface area contributed by atoms with E-state index in [1.165, 1.54) is 25.0 Å². The zero-order chi connectivity index (χ0) is 26.2. The maximum Gasteiger partial charge on any atom is 0.174 e. The van der Waals surface area contributed by atoms with Crippen molar-refractivity contribution in [2.24, 2.45) is 5.92 Å². The Bertz CT molecular complexity index is 1430. The maximum atomic E-state index is 13.7. The number of hydrogen-bond donors (Lipinski definition) is 1. The third-order valence-electron chi connectivity index (χ3n) is 7.62. The number of halogens is 2. The summed E-state index contributed by atoms with van der Waals surface area (Å²) in [5, 5.41) is 4.84. The van der Waals surface area contributed by atoms with Gasteiger partial charge in [0.25, 0.3) is 0 Å². The lowest BCUT2D eigenvalue weighted by Crippen LogP contribution is -2.33. The number of thiocarbonyl (C=S) groups is 1. The smallest absolute Gasteiger partial charge is 0.174 e. The third-order valence-corrected chi connectivity index (χ3v) is 8.24. The molecule has 2 aromatic heterocycles. The monoisotopic (exact) mass is 545 g/mol. The molecular formula is C30H29ClFN5S. The normalized spacial score (nSPS) is 20.1. The molecule has 0 spiro atoms. The minimum atomic E-state index is -0.267. The molecule has 2 saturated heterocycles. The van der Waals surface area contributed by atoms with Gasteiger partial charge in [-0.15, -0.1) is 0 Å². The summed E-state index contributed by atoms with van der Waals surface area (Å²) in [6, 6.07) is 22.3. The fraction of sp³-hybridized carbons (Fsp3) is 0.267. The Morgan fingerprint density at radius 3 is 2.45 bits per heavy atom. The molecule has 0 aliphatic carbocycles. The Kier molecular flexibility index (Phi) is 6.80. The highest BCUT2D eigenvalue weighted by molar-refractivity contribution is 7.80. The Balaban J connectivity index is 1.42. The van der Waals surface area contributed by atoms with Crippen LogP contribution in [0.25, 0.3) is 5.69 Å². The van der Waals surface area contributed by atoms with E-state index in [4.69, 9.17) is 23.8 Å². The number of nitrogens with one attached hydrogen (secondary N) is 1. The van der Waals surface area contributed by atoms with Gasteiger partial charge in [0, 0.05) is 42.6 Å². The van der Waals surface area contributed by atoms with Crippen LogP contribution in [0.2, 0.25) is 5.02 Å². The molecule has 5 nitrogen and oxygen atoms in total. The van der Waals surface area contributed by atoms with Crippen molar-refractivity contribution < 1.29 is 4.39 Å². The van der Waals surface area contributed by atoms with Gasteiger partial charge in [0.15, 0.2) is 5.11 Å². The minimum absolute atomic E-state index is 0.195. The molecule has 1 N–H and O–H groups in total. The Hall–Kier alpha value is -3.42. The van der Waals surface area contributed by atoms with Crippen molar-refractivity contribution in [2.75, 3.05) is 22.9 Å². The van der Waals surface area contributed by atoms with E-state index in [0.717, 1.165) is 47.5 Å². The Morgan fingerprint density at radius 1 is 0.974 bits per heavy atom. The van der Waals surface area contributed by atoms with Gasteiger partial charge in [-0.1, -0.05) is 24.6 Å². The number of piperidine rings is 1. The fourth-order valence-corrected chi connectivity index (χ4v) is 6.20. The zero-order valence-electron chi connectivity index (χ0n) is 21.1. The van der Waals surface area contributed by atoms with Crippen molar-refractivity contribution in [1.82, 2.24) is 14.9 Å². The van der Waals surface area contributed by atoms with Crippen LogP contribution in [0, 0.1) is 11.7 Å². The Labute approximate surface area is 232 Å². The van der Waals surface area contributed by atoms with E-state index in [9.17, 15) is 4.39 Å². The molecule has 8 heteroatoms. The second kappa shape index (κ2) is 10.4. The van der Waals surface area contributed by atoms with Crippen LogP contribution in [0.5, 0.6) is 0 Å². The van der Waals surface area contributed by atoms with Gasteiger partial charge < -0.3 is 19.7 Å². The van der Waals surface area contributed by atoms with Crippen LogP contribution in [-0.2, 0) is 0 Å². The lowest BCUT2D eigenvalue weighted by molar-refractivity contribution is 0.438. The number of anilines is 2. The van der Waals surface area contributed by atoms with Crippen molar-refractivity contribution in [1.29, 1.82) is 0 Å². The first-order chi connectivity index (χ1) is 18.5. The minimum Gasteiger partial charge on any atom is -0.370 e. The quantitative estimate of drug-likeness (QED) is 0.271. The van der Waals surface area contributed by atoms with Crippen LogP contribution in [0.1, 0.15) is 43.2 Å². The van der Waals surface area contributed by atoms with Gasteiger partial charge in [0.1, 0.15) is 11.9 Å². The van der Waals surface area contributed by atoms with Crippen molar-refractivity contribution >= 4 is 40.3 Å². The molecule has 2 aliphatic heterocycles. The van der Waals surface area contributed by atoms with Gasteiger partial charge in [-0.25, -0.2) is 4.39 Å². The molecule has 4 heterocycles. The van der Waals surface area contributed by atoms with Crippen LogP contribution in [0.15, 0.2) is 85.2 Å². The molecule has 38 heavy (non-hydrogen) atoms.